The number of halogens is 1. The minimum Gasteiger partial charge on any atom is -0.339 e. The van der Waals surface area contributed by atoms with Gasteiger partial charge in [-0.05, 0) is 39.7 Å². The van der Waals surface area contributed by atoms with Crippen LogP contribution in [0.4, 0.5) is 0 Å². The maximum Gasteiger partial charge on any atom is 0.244 e. The molecule has 5 nitrogen and oxygen atoms in total. The van der Waals surface area contributed by atoms with Gasteiger partial charge in [0.25, 0.3) is 0 Å². The van der Waals surface area contributed by atoms with Crippen LogP contribution >= 0.6 is 27.7 Å². The third-order valence-corrected chi connectivity index (χ3v) is 8.55. The summed E-state index contributed by atoms with van der Waals surface area (Å²) in [6.07, 6.45) is 0. The minimum absolute atomic E-state index is 0.0589. The molecule has 8 heteroatoms. The van der Waals surface area contributed by atoms with E-state index in [-0.39, 0.29) is 22.0 Å². The average Bonchev–Trinajstić information content (AvgIpc) is 2.59. The van der Waals surface area contributed by atoms with Crippen LogP contribution in [0.5, 0.6) is 0 Å². The van der Waals surface area contributed by atoms with Gasteiger partial charge in [-0.2, -0.15) is 4.31 Å². The predicted octanol–water partition coefficient (Wildman–Crippen LogP) is 3.06. The van der Waals surface area contributed by atoms with Crippen molar-refractivity contribution in [3.63, 3.8) is 0 Å². The van der Waals surface area contributed by atoms with Gasteiger partial charge in [0.05, 0.1) is 10.1 Å². The number of carbonyl (C=O) groups is 1. The van der Waals surface area contributed by atoms with Gasteiger partial charge in [-0.15, -0.1) is 11.8 Å². The summed E-state index contributed by atoms with van der Waals surface area (Å²) in [7, 11) is -3.55. The summed E-state index contributed by atoms with van der Waals surface area (Å²) < 4.78 is 27.7. The number of rotatable bonds is 6. The monoisotopic (exact) mass is 448 g/mol. The quantitative estimate of drug-likeness (QED) is 0.670. The molecule has 0 saturated carbocycles. The normalized spacial score (nSPS) is 17.7. The van der Waals surface area contributed by atoms with Crippen molar-refractivity contribution >= 4 is 43.6 Å². The van der Waals surface area contributed by atoms with Crippen LogP contribution in [-0.2, 0) is 14.8 Å². The molecule has 1 aliphatic heterocycles. The first kappa shape index (κ1) is 20.7. The van der Waals surface area contributed by atoms with Crippen molar-refractivity contribution in [1.29, 1.82) is 0 Å². The van der Waals surface area contributed by atoms with Crippen LogP contribution in [0, 0.1) is 5.92 Å². The summed E-state index contributed by atoms with van der Waals surface area (Å²) in [4.78, 5) is 14.8. The first-order chi connectivity index (χ1) is 11.8. The summed E-state index contributed by atoms with van der Waals surface area (Å²) in [5.41, 5.74) is 0. The molecule has 0 radical (unpaired) electrons. The first-order valence-corrected chi connectivity index (χ1v) is 11.7. The van der Waals surface area contributed by atoms with E-state index < -0.39 is 10.0 Å². The van der Waals surface area contributed by atoms with Crippen molar-refractivity contribution in [2.75, 3.05) is 31.9 Å². The highest BCUT2D eigenvalue weighted by Crippen LogP contribution is 2.26. The lowest BCUT2D eigenvalue weighted by atomic mass is 10.1. The SMILES string of the molecule is CCSC(C(=O)N1CCN(S(=O)(=O)c2ccccc2Br)CC1)C(C)C. The van der Waals surface area contributed by atoms with Crippen LogP contribution in [0.25, 0.3) is 0 Å². The third-order valence-electron chi connectivity index (χ3n) is 4.20. The summed E-state index contributed by atoms with van der Waals surface area (Å²) in [5.74, 6) is 1.28. The molecule has 1 aromatic rings. The average molecular weight is 449 g/mol. The molecule has 0 N–H and O–H groups in total. The van der Waals surface area contributed by atoms with Crippen LogP contribution in [0.15, 0.2) is 33.6 Å². The summed E-state index contributed by atoms with van der Waals surface area (Å²) in [6.45, 7) is 7.70. The first-order valence-electron chi connectivity index (χ1n) is 8.44. The van der Waals surface area contributed by atoms with Crippen molar-refractivity contribution in [2.45, 2.75) is 30.9 Å². The maximum atomic E-state index is 12.8. The molecule has 0 aliphatic carbocycles. The van der Waals surface area contributed by atoms with Crippen molar-refractivity contribution in [3.8, 4) is 0 Å². The predicted molar refractivity (Wildman–Crippen MR) is 106 cm³/mol. The van der Waals surface area contributed by atoms with E-state index >= 15 is 0 Å². The summed E-state index contributed by atoms with van der Waals surface area (Å²) in [6, 6.07) is 6.83. The van der Waals surface area contributed by atoms with E-state index in [1.807, 2.05) is 0 Å². The van der Waals surface area contributed by atoms with E-state index in [4.69, 9.17) is 0 Å². The van der Waals surface area contributed by atoms with Gasteiger partial charge in [-0.3, -0.25) is 4.79 Å². The largest absolute Gasteiger partial charge is 0.339 e. The lowest BCUT2D eigenvalue weighted by Crippen LogP contribution is -2.53. The Hall–Kier alpha value is -0.570. The number of amides is 1. The molecule has 1 aliphatic rings. The van der Waals surface area contributed by atoms with Crippen LogP contribution in [0.3, 0.4) is 0 Å². The molecule has 1 unspecified atom stereocenters. The van der Waals surface area contributed by atoms with E-state index in [2.05, 4.69) is 36.7 Å². The van der Waals surface area contributed by atoms with Gasteiger partial charge in [0.1, 0.15) is 0 Å². The van der Waals surface area contributed by atoms with E-state index in [9.17, 15) is 13.2 Å². The van der Waals surface area contributed by atoms with Gasteiger partial charge in [0, 0.05) is 30.7 Å². The summed E-state index contributed by atoms with van der Waals surface area (Å²) in [5, 5.41) is -0.0589. The molecule has 2 rings (SSSR count). The molecule has 140 valence electrons. The second kappa shape index (κ2) is 8.88. The fourth-order valence-electron chi connectivity index (χ4n) is 2.85. The van der Waals surface area contributed by atoms with Crippen LogP contribution < -0.4 is 0 Å². The van der Waals surface area contributed by atoms with E-state index in [1.165, 1.54) is 4.31 Å². The molecule has 1 fully saturated rings. The van der Waals surface area contributed by atoms with E-state index in [0.29, 0.717) is 30.7 Å². The lowest BCUT2D eigenvalue weighted by molar-refractivity contribution is -0.132. The Labute approximate surface area is 163 Å². The lowest BCUT2D eigenvalue weighted by Gasteiger charge is -2.36. The van der Waals surface area contributed by atoms with Crippen molar-refractivity contribution in [2.24, 2.45) is 5.92 Å². The zero-order valence-electron chi connectivity index (χ0n) is 14.8. The zero-order chi connectivity index (χ0) is 18.6. The Morgan fingerprint density at radius 3 is 2.32 bits per heavy atom. The van der Waals surface area contributed by atoms with Gasteiger partial charge >= 0.3 is 0 Å². The number of benzene rings is 1. The smallest absolute Gasteiger partial charge is 0.244 e. The Balaban J connectivity index is 2.06. The molecule has 0 bridgehead atoms. The molecule has 25 heavy (non-hydrogen) atoms. The molecule has 1 heterocycles. The van der Waals surface area contributed by atoms with E-state index in [0.717, 1.165) is 5.75 Å². The number of hydrogen-bond acceptors (Lipinski definition) is 4. The summed E-state index contributed by atoms with van der Waals surface area (Å²) >= 11 is 4.98. The highest BCUT2D eigenvalue weighted by Gasteiger charge is 2.34. The number of carbonyl (C=O) groups excluding carboxylic acids is 1. The molecule has 1 atom stereocenters. The maximum absolute atomic E-state index is 12.8. The Bertz CT molecular complexity index is 702. The van der Waals surface area contributed by atoms with Gasteiger partial charge < -0.3 is 4.90 Å². The minimum atomic E-state index is -3.55. The zero-order valence-corrected chi connectivity index (χ0v) is 18.0. The van der Waals surface area contributed by atoms with Gasteiger partial charge in [-0.1, -0.05) is 32.9 Å². The topological polar surface area (TPSA) is 57.7 Å². The van der Waals surface area contributed by atoms with Crippen molar-refractivity contribution in [1.82, 2.24) is 9.21 Å². The molecule has 1 aromatic carbocycles. The molecule has 0 aromatic heterocycles. The van der Waals surface area contributed by atoms with Gasteiger partial charge in [0.15, 0.2) is 0 Å². The number of thioether (sulfide) groups is 1. The molecular formula is C17H25BrN2O3S2. The fraction of sp³-hybridized carbons (Fsp3) is 0.588. The number of hydrogen-bond donors (Lipinski definition) is 0. The molecule has 0 spiro atoms. The number of nitrogens with zero attached hydrogens (tertiary/aromatic N) is 2. The molecule has 1 saturated heterocycles. The highest BCUT2D eigenvalue weighted by molar-refractivity contribution is 9.10. The van der Waals surface area contributed by atoms with Crippen LogP contribution in [-0.4, -0.2) is 60.7 Å². The Morgan fingerprint density at radius 2 is 1.80 bits per heavy atom. The van der Waals surface area contributed by atoms with Gasteiger partial charge in [-0.25, -0.2) is 8.42 Å². The number of piperazine rings is 1. The van der Waals surface area contributed by atoms with Crippen LogP contribution in [0.2, 0.25) is 0 Å². The van der Waals surface area contributed by atoms with Crippen molar-refractivity contribution in [3.05, 3.63) is 28.7 Å². The number of sulfonamides is 1. The fourth-order valence-corrected chi connectivity index (χ4v) is 6.27. The Morgan fingerprint density at radius 1 is 1.20 bits per heavy atom. The highest BCUT2D eigenvalue weighted by atomic mass is 79.9. The standard InChI is InChI=1S/C17H25BrN2O3S2/c1-4-24-16(13(2)3)17(21)19-9-11-20(12-10-19)25(22,23)15-8-6-5-7-14(15)18/h5-8,13,16H,4,9-12H2,1-3H3. The molecule has 1 amide bonds. The second-order valence-electron chi connectivity index (χ2n) is 6.28. The third kappa shape index (κ3) is 4.78. The second-order valence-corrected chi connectivity index (χ2v) is 10.5. The van der Waals surface area contributed by atoms with E-state index in [1.54, 1.807) is 40.9 Å². The Kier molecular flexibility index (Phi) is 7.37. The van der Waals surface area contributed by atoms with Crippen LogP contribution in [0.1, 0.15) is 20.8 Å². The molecular weight excluding hydrogens is 424 g/mol. The van der Waals surface area contributed by atoms with Crippen molar-refractivity contribution < 1.29 is 13.2 Å². The van der Waals surface area contributed by atoms with Gasteiger partial charge in [0.2, 0.25) is 15.9 Å².